The predicted molar refractivity (Wildman–Crippen MR) is 122 cm³/mol. The second kappa shape index (κ2) is 9.23. The lowest BCUT2D eigenvalue weighted by molar-refractivity contribution is 0.272. The van der Waals surface area contributed by atoms with Gasteiger partial charge in [-0.2, -0.15) is 0 Å². The lowest BCUT2D eigenvalue weighted by atomic mass is 10.0. The van der Waals surface area contributed by atoms with E-state index in [1.54, 1.807) is 0 Å². The Morgan fingerprint density at radius 1 is 0.867 bits per heavy atom. The van der Waals surface area contributed by atoms with Crippen molar-refractivity contribution in [2.75, 3.05) is 6.61 Å². The Labute approximate surface area is 182 Å². The first-order valence-corrected chi connectivity index (χ1v) is 10.5. The molecule has 0 unspecified atom stereocenters. The van der Waals surface area contributed by atoms with Crippen LogP contribution < -0.4 is 9.47 Å². The summed E-state index contributed by atoms with van der Waals surface area (Å²) >= 11 is 5.94. The highest BCUT2D eigenvalue weighted by molar-refractivity contribution is 6.30. The minimum absolute atomic E-state index is 0.399. The van der Waals surface area contributed by atoms with Crippen molar-refractivity contribution in [1.29, 1.82) is 0 Å². The number of aromatic nitrogens is 2. The Balaban J connectivity index is 1.47. The monoisotopic (exact) mass is 420 g/mol. The molecule has 4 nitrogen and oxygen atoms in total. The Morgan fingerprint density at radius 2 is 1.53 bits per heavy atom. The van der Waals surface area contributed by atoms with Crippen LogP contribution in [0, 0.1) is 0 Å². The Bertz CT molecular complexity index is 1100. The van der Waals surface area contributed by atoms with Gasteiger partial charge < -0.3 is 14.0 Å². The average Bonchev–Trinajstić information content (AvgIpc) is 3.11. The summed E-state index contributed by atoms with van der Waals surface area (Å²) in [4.78, 5) is 4.78. The van der Waals surface area contributed by atoms with Gasteiger partial charge in [0.25, 0.3) is 0 Å². The lowest BCUT2D eigenvalue weighted by Gasteiger charge is -2.12. The fourth-order valence-electron chi connectivity index (χ4n) is 3.37. The number of hydrogen-bond donors (Lipinski definition) is 0. The standard InChI is InChI=1S/C25H25ClN2O2/c1-18(2)19-7-11-22(12-8-19)30-17-25-27-23-5-3-4-6-24(23)28(25)15-16-29-21-13-9-20(26)10-14-21/h3-14,18H,15-17H2,1-2H3. The van der Waals surface area contributed by atoms with Gasteiger partial charge in [-0.15, -0.1) is 0 Å². The predicted octanol–water partition coefficient (Wildman–Crippen LogP) is 6.47. The van der Waals surface area contributed by atoms with Gasteiger partial charge in [-0.25, -0.2) is 4.98 Å². The minimum Gasteiger partial charge on any atom is -0.492 e. The fraction of sp³-hybridized carbons (Fsp3) is 0.240. The van der Waals surface area contributed by atoms with Gasteiger partial charge in [0.15, 0.2) is 0 Å². The molecule has 0 spiro atoms. The molecule has 0 N–H and O–H groups in total. The number of para-hydroxylation sites is 2. The highest BCUT2D eigenvalue weighted by atomic mass is 35.5. The maximum absolute atomic E-state index is 6.04. The van der Waals surface area contributed by atoms with E-state index in [-0.39, 0.29) is 0 Å². The van der Waals surface area contributed by atoms with E-state index in [9.17, 15) is 0 Å². The molecule has 0 aliphatic rings. The number of fused-ring (bicyclic) bond motifs is 1. The largest absolute Gasteiger partial charge is 0.492 e. The highest BCUT2D eigenvalue weighted by Crippen LogP contribution is 2.22. The molecule has 1 heterocycles. The fourth-order valence-corrected chi connectivity index (χ4v) is 3.49. The molecule has 0 amide bonds. The molecule has 0 saturated heterocycles. The first-order valence-electron chi connectivity index (χ1n) is 10.2. The van der Waals surface area contributed by atoms with E-state index in [4.69, 9.17) is 26.1 Å². The number of rotatable bonds is 8. The molecule has 0 aliphatic carbocycles. The van der Waals surface area contributed by atoms with Crippen LogP contribution in [0.15, 0.2) is 72.8 Å². The van der Waals surface area contributed by atoms with Gasteiger partial charge in [0.1, 0.15) is 30.5 Å². The zero-order valence-electron chi connectivity index (χ0n) is 17.2. The summed E-state index contributed by atoms with van der Waals surface area (Å²) in [6.07, 6.45) is 0. The molecule has 4 aromatic rings. The molecule has 0 atom stereocenters. The number of nitrogens with zero attached hydrogens (tertiary/aromatic N) is 2. The third-order valence-electron chi connectivity index (χ3n) is 5.05. The summed E-state index contributed by atoms with van der Waals surface area (Å²) in [6, 6.07) is 23.8. The zero-order chi connectivity index (χ0) is 20.9. The van der Waals surface area contributed by atoms with E-state index in [1.165, 1.54) is 5.56 Å². The van der Waals surface area contributed by atoms with Crippen LogP contribution >= 0.6 is 11.6 Å². The number of halogens is 1. The van der Waals surface area contributed by atoms with Crippen molar-refractivity contribution in [2.24, 2.45) is 0 Å². The molecule has 154 valence electrons. The van der Waals surface area contributed by atoms with Gasteiger partial charge in [0.2, 0.25) is 0 Å². The minimum atomic E-state index is 0.399. The maximum atomic E-state index is 6.04. The van der Waals surface area contributed by atoms with Gasteiger partial charge >= 0.3 is 0 Å². The second-order valence-corrected chi connectivity index (χ2v) is 7.92. The molecule has 0 aliphatic heterocycles. The highest BCUT2D eigenvalue weighted by Gasteiger charge is 2.11. The SMILES string of the molecule is CC(C)c1ccc(OCc2nc3ccccc3n2CCOc2ccc(Cl)cc2)cc1. The van der Waals surface area contributed by atoms with Gasteiger partial charge in [0.05, 0.1) is 17.6 Å². The number of imidazole rings is 1. The molecule has 30 heavy (non-hydrogen) atoms. The van der Waals surface area contributed by atoms with Crippen molar-refractivity contribution in [3.63, 3.8) is 0 Å². The molecule has 0 radical (unpaired) electrons. The van der Waals surface area contributed by atoms with E-state index in [0.717, 1.165) is 28.4 Å². The quantitative estimate of drug-likeness (QED) is 0.327. The van der Waals surface area contributed by atoms with E-state index in [1.807, 2.05) is 54.6 Å². The smallest absolute Gasteiger partial charge is 0.148 e. The van der Waals surface area contributed by atoms with Crippen LogP contribution in [0.25, 0.3) is 11.0 Å². The number of benzene rings is 3. The Morgan fingerprint density at radius 3 is 2.27 bits per heavy atom. The topological polar surface area (TPSA) is 36.3 Å². The Kier molecular flexibility index (Phi) is 6.24. The van der Waals surface area contributed by atoms with Crippen LogP contribution in [0.2, 0.25) is 5.02 Å². The third kappa shape index (κ3) is 4.77. The number of hydrogen-bond acceptors (Lipinski definition) is 3. The van der Waals surface area contributed by atoms with Crippen LogP contribution in [0.1, 0.15) is 31.2 Å². The van der Waals surface area contributed by atoms with Gasteiger partial charge in [-0.05, 0) is 60.0 Å². The van der Waals surface area contributed by atoms with Gasteiger partial charge in [0, 0.05) is 5.02 Å². The summed E-state index contributed by atoms with van der Waals surface area (Å²) in [5.41, 5.74) is 3.33. The lowest BCUT2D eigenvalue weighted by Crippen LogP contribution is -2.13. The van der Waals surface area contributed by atoms with Crippen molar-refractivity contribution >= 4 is 22.6 Å². The van der Waals surface area contributed by atoms with Gasteiger partial charge in [-0.3, -0.25) is 0 Å². The van der Waals surface area contributed by atoms with Gasteiger partial charge in [-0.1, -0.05) is 49.7 Å². The van der Waals surface area contributed by atoms with Crippen LogP contribution in [-0.2, 0) is 13.2 Å². The molecule has 5 heteroatoms. The van der Waals surface area contributed by atoms with Crippen molar-refractivity contribution in [3.8, 4) is 11.5 Å². The van der Waals surface area contributed by atoms with Crippen molar-refractivity contribution in [2.45, 2.75) is 32.9 Å². The van der Waals surface area contributed by atoms with Crippen LogP contribution in [-0.4, -0.2) is 16.2 Å². The normalized spacial score (nSPS) is 11.2. The van der Waals surface area contributed by atoms with Crippen molar-refractivity contribution in [3.05, 3.63) is 89.2 Å². The first-order chi connectivity index (χ1) is 14.6. The van der Waals surface area contributed by atoms with Crippen LogP contribution in [0.4, 0.5) is 0 Å². The van der Waals surface area contributed by atoms with E-state index in [0.29, 0.717) is 30.7 Å². The Hall–Kier alpha value is -2.98. The molecular weight excluding hydrogens is 396 g/mol. The summed E-state index contributed by atoms with van der Waals surface area (Å²) < 4.78 is 14.1. The van der Waals surface area contributed by atoms with Crippen LogP contribution in [0.5, 0.6) is 11.5 Å². The molecule has 1 aromatic heterocycles. The van der Waals surface area contributed by atoms with E-state index >= 15 is 0 Å². The molecule has 0 bridgehead atoms. The molecule has 4 rings (SSSR count). The third-order valence-corrected chi connectivity index (χ3v) is 5.30. The molecular formula is C25H25ClN2O2. The average molecular weight is 421 g/mol. The first kappa shape index (κ1) is 20.3. The summed E-state index contributed by atoms with van der Waals surface area (Å²) in [6.45, 7) is 5.97. The maximum Gasteiger partial charge on any atom is 0.148 e. The summed E-state index contributed by atoms with van der Waals surface area (Å²) in [5, 5.41) is 0.698. The van der Waals surface area contributed by atoms with Crippen molar-refractivity contribution in [1.82, 2.24) is 9.55 Å². The van der Waals surface area contributed by atoms with Crippen LogP contribution in [0.3, 0.4) is 0 Å². The zero-order valence-corrected chi connectivity index (χ0v) is 18.0. The molecule has 3 aromatic carbocycles. The second-order valence-electron chi connectivity index (χ2n) is 7.48. The van der Waals surface area contributed by atoms with E-state index < -0.39 is 0 Å². The summed E-state index contributed by atoms with van der Waals surface area (Å²) in [5.74, 6) is 3.02. The number of ether oxygens (including phenoxy) is 2. The van der Waals surface area contributed by atoms with Crippen molar-refractivity contribution < 1.29 is 9.47 Å². The molecule has 0 fully saturated rings. The summed E-state index contributed by atoms with van der Waals surface area (Å²) in [7, 11) is 0. The van der Waals surface area contributed by atoms with E-state index in [2.05, 4.69) is 36.6 Å². The molecule has 0 saturated carbocycles.